The molecule has 0 saturated heterocycles. The average Bonchev–Trinajstić information content (AvgIpc) is 3.05. The summed E-state index contributed by atoms with van der Waals surface area (Å²) in [5.74, 6) is 0.582. The highest BCUT2D eigenvalue weighted by Crippen LogP contribution is 2.29. The lowest BCUT2D eigenvalue weighted by molar-refractivity contribution is 0.101. The zero-order chi connectivity index (χ0) is 17.1. The number of amides is 1. The summed E-state index contributed by atoms with van der Waals surface area (Å²) in [4.78, 5) is 23.5. The van der Waals surface area contributed by atoms with Gasteiger partial charge in [0.1, 0.15) is 11.4 Å². The molecule has 0 radical (unpaired) electrons. The van der Waals surface area contributed by atoms with Crippen molar-refractivity contribution < 1.29 is 9.53 Å². The molecule has 2 aromatic heterocycles. The Hall–Kier alpha value is -3.42. The second-order valence-electron chi connectivity index (χ2n) is 5.00. The van der Waals surface area contributed by atoms with Crippen LogP contribution in [0.3, 0.4) is 0 Å². The van der Waals surface area contributed by atoms with E-state index in [-0.39, 0.29) is 11.3 Å². The van der Waals surface area contributed by atoms with Gasteiger partial charge in [0.2, 0.25) is 0 Å². The van der Waals surface area contributed by atoms with E-state index in [0.717, 1.165) is 10.2 Å². The standard InChI is InChI=1S/C16H15N5O3/c1-21-15(22)8-7-11(20-21)16(23)17-14-9-12(18-19-14)10-5-3-4-6-13(10)24-2/h3-9H,1-2H3,(H2,17,18,19,23). The maximum absolute atomic E-state index is 12.2. The number of ether oxygens (including phenoxy) is 1. The quantitative estimate of drug-likeness (QED) is 0.755. The predicted molar refractivity (Wildman–Crippen MR) is 88.0 cm³/mol. The number of nitrogens with one attached hydrogen (secondary N) is 2. The summed E-state index contributed by atoms with van der Waals surface area (Å²) in [6.45, 7) is 0. The summed E-state index contributed by atoms with van der Waals surface area (Å²) in [5, 5.41) is 13.4. The molecule has 0 aliphatic heterocycles. The van der Waals surface area contributed by atoms with Gasteiger partial charge in [0.25, 0.3) is 11.5 Å². The van der Waals surface area contributed by atoms with Gasteiger partial charge in [0.15, 0.2) is 5.82 Å². The lowest BCUT2D eigenvalue weighted by atomic mass is 10.1. The van der Waals surface area contributed by atoms with Crippen molar-refractivity contribution in [3.05, 3.63) is 58.5 Å². The molecule has 0 aliphatic rings. The van der Waals surface area contributed by atoms with Crippen LogP contribution in [0.1, 0.15) is 10.5 Å². The number of carbonyl (C=O) groups is 1. The Morgan fingerprint density at radius 2 is 2.04 bits per heavy atom. The van der Waals surface area contributed by atoms with Gasteiger partial charge in [-0.1, -0.05) is 12.1 Å². The van der Waals surface area contributed by atoms with Crippen molar-refractivity contribution in [3.63, 3.8) is 0 Å². The first-order valence-electron chi connectivity index (χ1n) is 7.13. The fourth-order valence-corrected chi connectivity index (χ4v) is 2.19. The molecule has 122 valence electrons. The lowest BCUT2D eigenvalue weighted by Crippen LogP contribution is -2.23. The van der Waals surface area contributed by atoms with Crippen LogP contribution in [-0.4, -0.2) is 33.0 Å². The molecule has 3 aromatic rings. The lowest BCUT2D eigenvalue weighted by Gasteiger charge is -2.05. The topological polar surface area (TPSA) is 102 Å². The maximum Gasteiger partial charge on any atom is 0.277 e. The molecule has 0 spiro atoms. The number of benzene rings is 1. The number of nitrogens with zero attached hydrogens (tertiary/aromatic N) is 3. The van der Waals surface area contributed by atoms with E-state index >= 15 is 0 Å². The van der Waals surface area contributed by atoms with Crippen molar-refractivity contribution in [2.75, 3.05) is 12.4 Å². The van der Waals surface area contributed by atoms with Gasteiger partial charge in [-0.2, -0.15) is 10.2 Å². The number of anilines is 1. The minimum absolute atomic E-state index is 0.124. The van der Waals surface area contributed by atoms with Crippen LogP contribution in [-0.2, 0) is 7.05 Å². The minimum atomic E-state index is -0.455. The number of hydrogen-bond donors (Lipinski definition) is 2. The summed E-state index contributed by atoms with van der Waals surface area (Å²) in [6.07, 6.45) is 0. The molecule has 2 N–H and O–H groups in total. The molecular weight excluding hydrogens is 310 g/mol. The average molecular weight is 325 g/mol. The molecule has 0 aliphatic carbocycles. The van der Waals surface area contributed by atoms with Gasteiger partial charge < -0.3 is 10.1 Å². The summed E-state index contributed by atoms with van der Waals surface area (Å²) in [6, 6.07) is 11.8. The Kier molecular flexibility index (Phi) is 4.11. The van der Waals surface area contributed by atoms with Crippen molar-refractivity contribution in [1.29, 1.82) is 0 Å². The van der Waals surface area contributed by atoms with Gasteiger partial charge in [0, 0.05) is 24.7 Å². The monoisotopic (exact) mass is 325 g/mol. The van der Waals surface area contributed by atoms with Crippen LogP contribution in [0.5, 0.6) is 5.75 Å². The smallest absolute Gasteiger partial charge is 0.277 e. The van der Waals surface area contributed by atoms with Crippen LogP contribution in [0.4, 0.5) is 5.82 Å². The minimum Gasteiger partial charge on any atom is -0.496 e. The number of H-pyrrole nitrogens is 1. The number of aromatic nitrogens is 4. The SMILES string of the molecule is COc1ccccc1-c1cc(NC(=O)c2ccc(=O)n(C)n2)n[nH]1. The molecule has 3 rings (SSSR count). The zero-order valence-electron chi connectivity index (χ0n) is 13.1. The van der Waals surface area contributed by atoms with E-state index in [1.165, 1.54) is 19.2 Å². The molecule has 0 unspecified atom stereocenters. The molecule has 0 saturated carbocycles. The normalized spacial score (nSPS) is 10.4. The number of rotatable bonds is 4. The maximum atomic E-state index is 12.2. The Balaban J connectivity index is 1.82. The Morgan fingerprint density at radius 1 is 1.25 bits per heavy atom. The first-order valence-corrected chi connectivity index (χ1v) is 7.13. The third kappa shape index (κ3) is 3.02. The fraction of sp³-hybridized carbons (Fsp3) is 0.125. The predicted octanol–water partition coefficient (Wildman–Crippen LogP) is 1.43. The van der Waals surface area contributed by atoms with Crippen LogP contribution in [0.2, 0.25) is 0 Å². The van der Waals surface area contributed by atoms with Gasteiger partial charge >= 0.3 is 0 Å². The second kappa shape index (κ2) is 6.37. The molecule has 1 aromatic carbocycles. The first kappa shape index (κ1) is 15.5. The third-order valence-corrected chi connectivity index (χ3v) is 3.41. The zero-order valence-corrected chi connectivity index (χ0v) is 13.1. The Labute approximate surface area is 137 Å². The number of aryl methyl sites for hydroxylation is 1. The molecule has 8 heteroatoms. The van der Waals surface area contributed by atoms with E-state index < -0.39 is 5.91 Å². The fourth-order valence-electron chi connectivity index (χ4n) is 2.19. The van der Waals surface area contributed by atoms with Gasteiger partial charge in [-0.05, 0) is 18.2 Å². The van der Waals surface area contributed by atoms with Crippen LogP contribution >= 0.6 is 0 Å². The molecule has 0 fully saturated rings. The molecular formula is C16H15N5O3. The van der Waals surface area contributed by atoms with Crippen LogP contribution in [0.15, 0.2) is 47.3 Å². The number of methoxy groups -OCH3 is 1. The van der Waals surface area contributed by atoms with E-state index in [0.29, 0.717) is 17.3 Å². The Morgan fingerprint density at radius 3 is 2.79 bits per heavy atom. The number of carbonyl (C=O) groups excluding carboxylic acids is 1. The van der Waals surface area contributed by atoms with Crippen LogP contribution < -0.4 is 15.6 Å². The van der Waals surface area contributed by atoms with Crippen molar-refractivity contribution in [2.45, 2.75) is 0 Å². The summed E-state index contributed by atoms with van der Waals surface area (Å²) in [7, 11) is 3.07. The van der Waals surface area contributed by atoms with Crippen molar-refractivity contribution >= 4 is 11.7 Å². The molecule has 8 nitrogen and oxygen atoms in total. The highest BCUT2D eigenvalue weighted by atomic mass is 16.5. The largest absolute Gasteiger partial charge is 0.496 e. The van der Waals surface area contributed by atoms with E-state index in [1.54, 1.807) is 13.2 Å². The van der Waals surface area contributed by atoms with Gasteiger partial charge in [-0.25, -0.2) is 4.68 Å². The molecule has 2 heterocycles. The molecule has 0 atom stereocenters. The first-order chi connectivity index (χ1) is 11.6. The molecule has 24 heavy (non-hydrogen) atoms. The highest BCUT2D eigenvalue weighted by molar-refractivity contribution is 6.02. The number of hydrogen-bond acceptors (Lipinski definition) is 5. The van der Waals surface area contributed by atoms with Crippen molar-refractivity contribution in [1.82, 2.24) is 20.0 Å². The van der Waals surface area contributed by atoms with E-state index in [9.17, 15) is 9.59 Å². The van der Waals surface area contributed by atoms with E-state index in [1.807, 2.05) is 24.3 Å². The summed E-state index contributed by atoms with van der Waals surface area (Å²) in [5.41, 5.74) is 1.37. The summed E-state index contributed by atoms with van der Waals surface area (Å²) >= 11 is 0. The van der Waals surface area contributed by atoms with E-state index in [2.05, 4.69) is 20.6 Å². The van der Waals surface area contributed by atoms with Gasteiger partial charge in [-0.15, -0.1) is 0 Å². The van der Waals surface area contributed by atoms with Crippen molar-refractivity contribution in [3.8, 4) is 17.0 Å². The summed E-state index contributed by atoms with van der Waals surface area (Å²) < 4.78 is 6.40. The third-order valence-electron chi connectivity index (χ3n) is 3.41. The number of para-hydroxylation sites is 1. The second-order valence-corrected chi connectivity index (χ2v) is 5.00. The Bertz CT molecular complexity index is 945. The van der Waals surface area contributed by atoms with E-state index in [4.69, 9.17) is 4.74 Å². The number of aromatic amines is 1. The van der Waals surface area contributed by atoms with Gasteiger partial charge in [-0.3, -0.25) is 14.7 Å². The highest BCUT2D eigenvalue weighted by Gasteiger charge is 2.13. The molecule has 0 bridgehead atoms. The van der Waals surface area contributed by atoms with Crippen LogP contribution in [0, 0.1) is 0 Å². The molecule has 1 amide bonds. The van der Waals surface area contributed by atoms with Gasteiger partial charge in [0.05, 0.1) is 12.8 Å². The van der Waals surface area contributed by atoms with Crippen molar-refractivity contribution in [2.24, 2.45) is 7.05 Å². The van der Waals surface area contributed by atoms with Crippen LogP contribution in [0.25, 0.3) is 11.3 Å².